The minimum atomic E-state index is 0.481. The second kappa shape index (κ2) is 8.86. The van der Waals surface area contributed by atoms with Gasteiger partial charge in [0.15, 0.2) is 5.82 Å². The molecule has 0 bridgehead atoms. The zero-order valence-corrected chi connectivity index (χ0v) is 20.3. The number of aromatic amines is 1. The van der Waals surface area contributed by atoms with Gasteiger partial charge in [0.1, 0.15) is 11.5 Å². The second-order valence-electron chi connectivity index (χ2n) is 7.98. The number of hydrogen-bond donors (Lipinski definition) is 2. The van der Waals surface area contributed by atoms with Gasteiger partial charge in [-0.2, -0.15) is 5.10 Å². The van der Waals surface area contributed by atoms with Crippen molar-refractivity contribution in [3.8, 4) is 22.6 Å². The summed E-state index contributed by atoms with van der Waals surface area (Å²) in [6.07, 6.45) is 0. The minimum absolute atomic E-state index is 0.481. The van der Waals surface area contributed by atoms with Crippen molar-refractivity contribution < 1.29 is 0 Å². The van der Waals surface area contributed by atoms with Gasteiger partial charge in [-0.05, 0) is 54.6 Å². The van der Waals surface area contributed by atoms with Crippen molar-refractivity contribution in [3.63, 3.8) is 0 Å². The standard InChI is InChI=1S/C27H16Cl3N5/c28-20-7-3-1-5-17(20)26-32-23-8-4-2-6-18(23)27(33-26)31-16-10-12-24-19(14-16)25(35-34-24)15-9-11-21(29)22(30)13-15/h1-14H,(H,34,35)(H,31,32,33). The summed E-state index contributed by atoms with van der Waals surface area (Å²) >= 11 is 18.8. The Balaban J connectivity index is 1.46. The summed E-state index contributed by atoms with van der Waals surface area (Å²) in [4.78, 5) is 9.58. The predicted octanol–water partition coefficient (Wildman–Crippen LogP) is 8.54. The first-order chi connectivity index (χ1) is 17.1. The van der Waals surface area contributed by atoms with Gasteiger partial charge in [-0.25, -0.2) is 9.97 Å². The second-order valence-corrected chi connectivity index (χ2v) is 9.20. The molecule has 35 heavy (non-hydrogen) atoms. The molecule has 0 fully saturated rings. The maximum Gasteiger partial charge on any atom is 0.163 e. The first kappa shape index (κ1) is 21.9. The lowest BCUT2D eigenvalue weighted by atomic mass is 10.1. The van der Waals surface area contributed by atoms with Gasteiger partial charge in [0.05, 0.1) is 26.1 Å². The summed E-state index contributed by atoms with van der Waals surface area (Å²) in [6, 6.07) is 26.9. The van der Waals surface area contributed by atoms with E-state index < -0.39 is 0 Å². The molecule has 0 atom stereocenters. The number of halogens is 3. The van der Waals surface area contributed by atoms with Crippen molar-refractivity contribution in [2.45, 2.75) is 0 Å². The molecule has 0 saturated heterocycles. The number of rotatable bonds is 4. The van der Waals surface area contributed by atoms with Crippen LogP contribution in [0.4, 0.5) is 11.5 Å². The number of benzene rings is 4. The quantitative estimate of drug-likeness (QED) is 0.246. The van der Waals surface area contributed by atoms with Gasteiger partial charge >= 0.3 is 0 Å². The Morgan fingerprint density at radius 2 is 1.51 bits per heavy atom. The molecule has 0 aliphatic carbocycles. The average Bonchev–Trinajstić information content (AvgIpc) is 3.29. The van der Waals surface area contributed by atoms with Crippen molar-refractivity contribution in [1.82, 2.24) is 20.2 Å². The molecule has 4 aromatic carbocycles. The summed E-state index contributed by atoms with van der Waals surface area (Å²) in [5, 5.41) is 14.5. The Morgan fingerprint density at radius 3 is 2.37 bits per heavy atom. The van der Waals surface area contributed by atoms with Crippen LogP contribution in [-0.4, -0.2) is 20.2 Å². The summed E-state index contributed by atoms with van der Waals surface area (Å²) in [5.41, 5.74) is 5.01. The summed E-state index contributed by atoms with van der Waals surface area (Å²) in [5.74, 6) is 1.24. The summed E-state index contributed by atoms with van der Waals surface area (Å²) < 4.78 is 0. The lowest BCUT2D eigenvalue weighted by molar-refractivity contribution is 1.12. The van der Waals surface area contributed by atoms with Crippen LogP contribution in [0.3, 0.4) is 0 Å². The molecule has 2 heterocycles. The molecule has 0 aliphatic rings. The smallest absolute Gasteiger partial charge is 0.163 e. The van der Waals surface area contributed by atoms with Crippen LogP contribution in [0.25, 0.3) is 44.5 Å². The Kier molecular flexibility index (Phi) is 5.53. The number of nitrogens with one attached hydrogen (secondary N) is 2. The number of para-hydroxylation sites is 1. The van der Waals surface area contributed by atoms with Crippen LogP contribution in [0.1, 0.15) is 0 Å². The zero-order valence-electron chi connectivity index (χ0n) is 18.1. The van der Waals surface area contributed by atoms with E-state index in [0.717, 1.165) is 44.3 Å². The number of fused-ring (bicyclic) bond motifs is 2. The van der Waals surface area contributed by atoms with Crippen LogP contribution in [-0.2, 0) is 0 Å². The molecular formula is C27H16Cl3N5. The van der Waals surface area contributed by atoms with Crippen molar-refractivity contribution in [1.29, 1.82) is 0 Å². The van der Waals surface area contributed by atoms with Crippen LogP contribution in [0.2, 0.25) is 15.1 Å². The van der Waals surface area contributed by atoms with Gasteiger partial charge in [0, 0.05) is 27.6 Å². The Bertz CT molecular complexity index is 1730. The number of H-pyrrole nitrogens is 1. The van der Waals surface area contributed by atoms with Crippen molar-refractivity contribution >= 4 is 68.1 Å². The monoisotopic (exact) mass is 515 g/mol. The average molecular weight is 517 g/mol. The molecule has 2 N–H and O–H groups in total. The van der Waals surface area contributed by atoms with E-state index in [1.165, 1.54) is 0 Å². The SMILES string of the molecule is Clc1ccc(-c2n[nH]c3ccc(Nc4nc(-c5ccccc5Cl)nc5ccccc45)cc23)cc1Cl. The molecule has 0 radical (unpaired) electrons. The van der Waals surface area contributed by atoms with Crippen molar-refractivity contribution in [3.05, 3.63) is 100.0 Å². The molecule has 0 aliphatic heterocycles. The normalized spacial score (nSPS) is 11.3. The van der Waals surface area contributed by atoms with Gasteiger partial charge in [-0.1, -0.05) is 65.1 Å². The number of anilines is 2. The van der Waals surface area contributed by atoms with Gasteiger partial charge in [0.2, 0.25) is 0 Å². The van der Waals surface area contributed by atoms with Crippen molar-refractivity contribution in [2.75, 3.05) is 5.32 Å². The van der Waals surface area contributed by atoms with Crippen LogP contribution < -0.4 is 5.32 Å². The van der Waals surface area contributed by atoms with E-state index in [9.17, 15) is 0 Å². The Labute approximate surface area is 215 Å². The van der Waals surface area contributed by atoms with E-state index in [1.807, 2.05) is 78.9 Å². The molecule has 5 nitrogen and oxygen atoms in total. The van der Waals surface area contributed by atoms with Gasteiger partial charge in [-0.3, -0.25) is 5.10 Å². The molecule has 2 aromatic heterocycles. The van der Waals surface area contributed by atoms with E-state index in [0.29, 0.717) is 26.7 Å². The van der Waals surface area contributed by atoms with Gasteiger partial charge < -0.3 is 5.32 Å². The van der Waals surface area contributed by atoms with Crippen LogP contribution >= 0.6 is 34.8 Å². The lowest BCUT2D eigenvalue weighted by Crippen LogP contribution is -1.99. The van der Waals surface area contributed by atoms with Gasteiger partial charge in [0.25, 0.3) is 0 Å². The summed E-state index contributed by atoms with van der Waals surface area (Å²) in [6.45, 7) is 0. The first-order valence-electron chi connectivity index (χ1n) is 10.8. The summed E-state index contributed by atoms with van der Waals surface area (Å²) in [7, 11) is 0. The highest BCUT2D eigenvalue weighted by Crippen LogP contribution is 2.34. The number of nitrogens with zero attached hydrogens (tertiary/aromatic N) is 3. The Morgan fingerprint density at radius 1 is 0.686 bits per heavy atom. The van der Waals surface area contributed by atoms with E-state index in [2.05, 4.69) is 15.5 Å². The fraction of sp³-hybridized carbons (Fsp3) is 0. The third-order valence-electron chi connectivity index (χ3n) is 5.74. The molecule has 0 saturated carbocycles. The predicted molar refractivity (Wildman–Crippen MR) is 145 cm³/mol. The van der Waals surface area contributed by atoms with Crippen LogP contribution in [0.15, 0.2) is 84.9 Å². The zero-order chi connectivity index (χ0) is 23.9. The van der Waals surface area contributed by atoms with Crippen molar-refractivity contribution in [2.24, 2.45) is 0 Å². The minimum Gasteiger partial charge on any atom is -0.340 e. The topological polar surface area (TPSA) is 66.5 Å². The largest absolute Gasteiger partial charge is 0.340 e. The first-order valence-corrected chi connectivity index (χ1v) is 11.9. The molecule has 170 valence electrons. The fourth-order valence-electron chi connectivity index (χ4n) is 4.03. The fourth-order valence-corrected chi connectivity index (χ4v) is 4.55. The van der Waals surface area contributed by atoms with E-state index in [-0.39, 0.29) is 0 Å². The molecule has 0 unspecified atom stereocenters. The maximum atomic E-state index is 6.44. The highest BCUT2D eigenvalue weighted by atomic mass is 35.5. The number of aromatic nitrogens is 4. The van der Waals surface area contributed by atoms with E-state index in [4.69, 9.17) is 44.8 Å². The van der Waals surface area contributed by atoms with E-state index >= 15 is 0 Å². The molecular weight excluding hydrogens is 501 g/mol. The van der Waals surface area contributed by atoms with Crippen LogP contribution in [0, 0.1) is 0 Å². The third-order valence-corrected chi connectivity index (χ3v) is 6.81. The Hall–Kier alpha value is -3.64. The van der Waals surface area contributed by atoms with Crippen LogP contribution in [0.5, 0.6) is 0 Å². The molecule has 0 amide bonds. The van der Waals surface area contributed by atoms with E-state index in [1.54, 1.807) is 6.07 Å². The molecule has 6 aromatic rings. The lowest BCUT2D eigenvalue weighted by Gasteiger charge is -2.12. The number of hydrogen-bond acceptors (Lipinski definition) is 4. The maximum absolute atomic E-state index is 6.44. The highest BCUT2D eigenvalue weighted by Gasteiger charge is 2.14. The molecule has 6 rings (SSSR count). The third kappa shape index (κ3) is 4.08. The van der Waals surface area contributed by atoms with Gasteiger partial charge in [-0.15, -0.1) is 0 Å². The molecule has 0 spiro atoms. The molecule has 8 heteroatoms. The highest BCUT2D eigenvalue weighted by molar-refractivity contribution is 6.42.